The number of hydrogen-bond donors (Lipinski definition) is 0. The minimum atomic E-state index is 0.255. The first-order chi connectivity index (χ1) is 18.4. The van der Waals surface area contributed by atoms with Gasteiger partial charge in [0.25, 0.3) is 0 Å². The van der Waals surface area contributed by atoms with Crippen LogP contribution in [0.3, 0.4) is 0 Å². The molecule has 0 nitrogen and oxygen atoms in total. The molecule has 0 amide bonds. The molecule has 0 N–H and O–H groups in total. The van der Waals surface area contributed by atoms with E-state index in [1.165, 1.54) is 55.6 Å². The van der Waals surface area contributed by atoms with Crippen molar-refractivity contribution >= 4 is 0 Å². The van der Waals surface area contributed by atoms with Crippen molar-refractivity contribution in [1.29, 1.82) is 0 Å². The minimum absolute atomic E-state index is 0.255. The van der Waals surface area contributed by atoms with E-state index in [2.05, 4.69) is 146 Å². The molecule has 0 saturated heterocycles. The molecule has 0 heterocycles. The number of benzene rings is 5. The summed E-state index contributed by atoms with van der Waals surface area (Å²) in [6.45, 7) is 0. The summed E-state index contributed by atoms with van der Waals surface area (Å²) in [5.41, 5.74) is 13.6. The third kappa shape index (κ3) is 3.86. The van der Waals surface area contributed by atoms with Crippen LogP contribution in [-0.2, 0) is 0 Å². The first kappa shape index (κ1) is 21.8. The topological polar surface area (TPSA) is 0 Å². The average Bonchev–Trinajstić information content (AvgIpc) is 3.62. The summed E-state index contributed by atoms with van der Waals surface area (Å²) in [5, 5.41) is 0. The SMILES string of the molecule is C1=CCC(C(c2ccccc2)C2c3cc(-c4ccccc4)ccc3-c3ccc(-c4ccccc4)cc32)=C1. The number of allylic oxidation sites excluding steroid dienone is 4. The van der Waals surface area contributed by atoms with Crippen LogP contribution in [0.5, 0.6) is 0 Å². The molecule has 2 aliphatic carbocycles. The second-order valence-corrected chi connectivity index (χ2v) is 10.1. The molecule has 0 aliphatic heterocycles. The van der Waals surface area contributed by atoms with E-state index < -0.39 is 0 Å². The molecular formula is C37H28. The summed E-state index contributed by atoms with van der Waals surface area (Å²) in [4.78, 5) is 0. The predicted molar refractivity (Wildman–Crippen MR) is 156 cm³/mol. The summed E-state index contributed by atoms with van der Waals surface area (Å²) in [6.07, 6.45) is 7.88. The van der Waals surface area contributed by atoms with Crippen molar-refractivity contribution in [1.82, 2.24) is 0 Å². The van der Waals surface area contributed by atoms with Crippen molar-refractivity contribution in [3.8, 4) is 33.4 Å². The van der Waals surface area contributed by atoms with Crippen LogP contribution < -0.4 is 0 Å². The van der Waals surface area contributed by atoms with Gasteiger partial charge < -0.3 is 0 Å². The number of fused-ring (bicyclic) bond motifs is 3. The zero-order valence-electron chi connectivity index (χ0n) is 20.7. The zero-order chi connectivity index (χ0) is 24.6. The Morgan fingerprint density at radius 1 is 0.514 bits per heavy atom. The molecule has 0 saturated carbocycles. The maximum Gasteiger partial charge on any atom is 0.0208 e. The molecule has 0 aromatic heterocycles. The lowest BCUT2D eigenvalue weighted by molar-refractivity contribution is 0.685. The normalized spacial score (nSPS) is 14.8. The lowest BCUT2D eigenvalue weighted by Crippen LogP contribution is -2.13. The first-order valence-corrected chi connectivity index (χ1v) is 13.2. The third-order valence-electron chi connectivity index (χ3n) is 7.97. The summed E-state index contributed by atoms with van der Waals surface area (Å²) >= 11 is 0. The molecule has 176 valence electrons. The van der Waals surface area contributed by atoms with Crippen LogP contribution in [0.2, 0.25) is 0 Å². The molecule has 5 aromatic rings. The maximum absolute atomic E-state index is 2.45. The lowest BCUT2D eigenvalue weighted by atomic mass is 9.74. The third-order valence-corrected chi connectivity index (χ3v) is 7.97. The van der Waals surface area contributed by atoms with Crippen LogP contribution >= 0.6 is 0 Å². The van der Waals surface area contributed by atoms with Gasteiger partial charge in [0.2, 0.25) is 0 Å². The van der Waals surface area contributed by atoms with E-state index in [-0.39, 0.29) is 11.8 Å². The molecule has 2 aliphatic rings. The highest BCUT2D eigenvalue weighted by Crippen LogP contribution is 2.55. The van der Waals surface area contributed by atoms with Crippen molar-refractivity contribution in [3.63, 3.8) is 0 Å². The molecule has 5 aromatic carbocycles. The smallest absolute Gasteiger partial charge is 0.0208 e. The standard InChI is InChI=1S/C37H28/c1-4-12-26(13-5-1)30-20-22-32-33-23-21-31(27-14-6-2-7-15-27)25-35(33)37(34(32)24-30)36(29-18-10-11-19-29)28-16-8-3-9-17-28/h1-18,20-25,36-37H,19H2. The van der Waals surface area contributed by atoms with Gasteiger partial charge in [-0.3, -0.25) is 0 Å². The molecule has 0 radical (unpaired) electrons. The molecule has 1 unspecified atom stereocenters. The number of hydrogen-bond acceptors (Lipinski definition) is 0. The van der Waals surface area contributed by atoms with Crippen molar-refractivity contribution in [3.05, 3.63) is 168 Å². The van der Waals surface area contributed by atoms with Crippen molar-refractivity contribution in [2.75, 3.05) is 0 Å². The molecule has 0 fully saturated rings. The van der Waals surface area contributed by atoms with E-state index in [4.69, 9.17) is 0 Å². The van der Waals surface area contributed by atoms with Crippen LogP contribution in [-0.4, -0.2) is 0 Å². The molecular weight excluding hydrogens is 444 g/mol. The van der Waals surface area contributed by atoms with Gasteiger partial charge in [-0.15, -0.1) is 0 Å². The van der Waals surface area contributed by atoms with Crippen molar-refractivity contribution in [2.45, 2.75) is 18.3 Å². The summed E-state index contributed by atoms with van der Waals surface area (Å²) < 4.78 is 0. The van der Waals surface area contributed by atoms with Crippen LogP contribution in [0.4, 0.5) is 0 Å². The van der Waals surface area contributed by atoms with E-state index in [1.54, 1.807) is 0 Å². The van der Waals surface area contributed by atoms with E-state index in [0.717, 1.165) is 6.42 Å². The first-order valence-electron chi connectivity index (χ1n) is 13.2. The van der Waals surface area contributed by atoms with Crippen molar-refractivity contribution in [2.24, 2.45) is 0 Å². The van der Waals surface area contributed by atoms with Gasteiger partial charge in [-0.2, -0.15) is 0 Å². The summed E-state index contributed by atoms with van der Waals surface area (Å²) in [5.74, 6) is 0.541. The Hall–Kier alpha value is -4.42. The molecule has 7 rings (SSSR count). The fraction of sp³-hybridized carbons (Fsp3) is 0.0811. The zero-order valence-corrected chi connectivity index (χ0v) is 20.7. The van der Waals surface area contributed by atoms with Crippen LogP contribution in [0.25, 0.3) is 33.4 Å². The second-order valence-electron chi connectivity index (χ2n) is 10.1. The Morgan fingerprint density at radius 3 is 1.51 bits per heavy atom. The van der Waals surface area contributed by atoms with E-state index in [0.29, 0.717) is 0 Å². The van der Waals surface area contributed by atoms with E-state index in [1.807, 2.05) is 0 Å². The van der Waals surface area contributed by atoms with Gasteiger partial charge in [0.05, 0.1) is 0 Å². The quantitative estimate of drug-likeness (QED) is 0.239. The van der Waals surface area contributed by atoms with Gasteiger partial charge in [-0.05, 0) is 68.6 Å². The fourth-order valence-corrected chi connectivity index (χ4v) is 6.25. The fourth-order valence-electron chi connectivity index (χ4n) is 6.25. The predicted octanol–water partition coefficient (Wildman–Crippen LogP) is 9.80. The Labute approximate surface area is 219 Å². The molecule has 0 bridgehead atoms. The van der Waals surface area contributed by atoms with Gasteiger partial charge in [0.1, 0.15) is 0 Å². The average molecular weight is 473 g/mol. The Morgan fingerprint density at radius 2 is 1.03 bits per heavy atom. The minimum Gasteiger partial charge on any atom is -0.0804 e. The van der Waals surface area contributed by atoms with Crippen LogP contribution in [0, 0.1) is 0 Å². The highest BCUT2D eigenvalue weighted by molar-refractivity contribution is 5.85. The van der Waals surface area contributed by atoms with E-state index >= 15 is 0 Å². The second kappa shape index (κ2) is 9.22. The lowest BCUT2D eigenvalue weighted by Gasteiger charge is -2.28. The summed E-state index contributed by atoms with van der Waals surface area (Å²) in [6, 6.07) is 46.8. The molecule has 0 spiro atoms. The Kier molecular flexibility index (Phi) is 5.44. The molecule has 1 atom stereocenters. The van der Waals surface area contributed by atoms with Crippen molar-refractivity contribution < 1.29 is 0 Å². The van der Waals surface area contributed by atoms with Gasteiger partial charge in [0, 0.05) is 11.8 Å². The maximum atomic E-state index is 2.45. The van der Waals surface area contributed by atoms with Crippen LogP contribution in [0.15, 0.2) is 151 Å². The molecule has 37 heavy (non-hydrogen) atoms. The van der Waals surface area contributed by atoms with Gasteiger partial charge >= 0.3 is 0 Å². The largest absolute Gasteiger partial charge is 0.0804 e. The number of rotatable bonds is 5. The summed E-state index contributed by atoms with van der Waals surface area (Å²) in [7, 11) is 0. The van der Waals surface area contributed by atoms with Gasteiger partial charge in [0.15, 0.2) is 0 Å². The highest BCUT2D eigenvalue weighted by Gasteiger charge is 2.37. The highest BCUT2D eigenvalue weighted by atomic mass is 14.4. The van der Waals surface area contributed by atoms with E-state index in [9.17, 15) is 0 Å². The Balaban J connectivity index is 1.46. The Bertz CT molecular complexity index is 1530. The van der Waals surface area contributed by atoms with Gasteiger partial charge in [-0.25, -0.2) is 0 Å². The van der Waals surface area contributed by atoms with Gasteiger partial charge in [-0.1, -0.05) is 139 Å². The van der Waals surface area contributed by atoms with Crippen LogP contribution in [0.1, 0.15) is 34.9 Å². The molecule has 0 heteroatoms. The monoisotopic (exact) mass is 472 g/mol.